The number of hydrogen-bond donors (Lipinski definition) is 6. The van der Waals surface area contributed by atoms with E-state index in [1.165, 1.54) is 315 Å². The van der Waals surface area contributed by atoms with Crippen LogP contribution < -0.4 is 5.32 Å². The fraction of sp³-hybridized carbons (Fsp3) is 0.830. The molecule has 1 saturated heterocycles. The third-order valence-corrected chi connectivity index (χ3v) is 20.0. The second-order valence-corrected chi connectivity index (χ2v) is 29.3. The fourth-order valence-corrected chi connectivity index (χ4v) is 13.5. The van der Waals surface area contributed by atoms with E-state index in [0.29, 0.717) is 6.42 Å². The summed E-state index contributed by atoms with van der Waals surface area (Å²) < 4.78 is 11.4. The van der Waals surface area contributed by atoms with Gasteiger partial charge in [0, 0.05) is 6.42 Å². The molecule has 0 bridgehead atoms. The predicted octanol–water partition coefficient (Wildman–Crippen LogP) is 24.8. The largest absolute Gasteiger partial charge is 0.394 e. The lowest BCUT2D eigenvalue weighted by Crippen LogP contribution is -2.60. The average molecular weight is 1360 g/mol. The minimum absolute atomic E-state index is 0.170. The summed E-state index contributed by atoms with van der Waals surface area (Å²) in [5, 5.41) is 55.0. The number of carbonyl (C=O) groups is 1. The lowest BCUT2D eigenvalue weighted by Gasteiger charge is -2.40. The van der Waals surface area contributed by atoms with Gasteiger partial charge >= 0.3 is 0 Å². The van der Waals surface area contributed by atoms with Crippen LogP contribution in [-0.4, -0.2) is 87.5 Å². The van der Waals surface area contributed by atoms with Crippen molar-refractivity contribution < 1.29 is 39.8 Å². The zero-order chi connectivity index (χ0) is 69.9. The van der Waals surface area contributed by atoms with Gasteiger partial charge in [0.15, 0.2) is 6.29 Å². The Morgan fingerprint density at radius 3 is 0.948 bits per heavy atom. The van der Waals surface area contributed by atoms with Crippen molar-refractivity contribution in [2.45, 2.75) is 455 Å². The third-order valence-electron chi connectivity index (χ3n) is 20.0. The van der Waals surface area contributed by atoms with Crippen molar-refractivity contribution in [1.82, 2.24) is 5.32 Å². The Hall–Kier alpha value is -2.63. The minimum Gasteiger partial charge on any atom is -0.394 e. The molecule has 0 aromatic rings. The number of unbranched alkanes of at least 4 members (excludes halogenated alkanes) is 53. The predicted molar refractivity (Wildman–Crippen MR) is 419 cm³/mol. The molecule has 1 aliphatic heterocycles. The Kier molecular flexibility index (Phi) is 72.4. The van der Waals surface area contributed by atoms with Crippen molar-refractivity contribution in [1.29, 1.82) is 0 Å². The van der Waals surface area contributed by atoms with Gasteiger partial charge in [-0.25, -0.2) is 0 Å². The Balaban J connectivity index is 2.04. The summed E-state index contributed by atoms with van der Waals surface area (Å²) in [7, 11) is 0. The molecule has 9 nitrogen and oxygen atoms in total. The van der Waals surface area contributed by atoms with Crippen molar-refractivity contribution in [2.24, 2.45) is 0 Å². The third kappa shape index (κ3) is 64.0. The molecule has 1 rings (SSSR count). The average Bonchev–Trinajstić information content (AvgIpc) is 0.854. The molecule has 566 valence electrons. The number of allylic oxidation sites excluding steroid dienone is 13. The van der Waals surface area contributed by atoms with E-state index in [1.54, 1.807) is 6.08 Å². The maximum absolute atomic E-state index is 13.2. The van der Waals surface area contributed by atoms with Crippen LogP contribution >= 0.6 is 0 Å². The van der Waals surface area contributed by atoms with Crippen molar-refractivity contribution >= 4 is 5.91 Å². The Labute approximate surface area is 601 Å². The van der Waals surface area contributed by atoms with Crippen molar-refractivity contribution in [3.63, 3.8) is 0 Å². The van der Waals surface area contributed by atoms with Crippen LogP contribution in [0.1, 0.15) is 412 Å². The van der Waals surface area contributed by atoms with Crippen LogP contribution in [0.15, 0.2) is 85.1 Å². The first kappa shape index (κ1) is 92.4. The highest BCUT2D eigenvalue weighted by atomic mass is 16.7. The highest BCUT2D eigenvalue weighted by molar-refractivity contribution is 5.76. The van der Waals surface area contributed by atoms with E-state index in [4.69, 9.17) is 9.47 Å². The van der Waals surface area contributed by atoms with E-state index in [0.717, 1.165) is 77.0 Å². The van der Waals surface area contributed by atoms with E-state index >= 15 is 0 Å². The van der Waals surface area contributed by atoms with Crippen molar-refractivity contribution in [3.05, 3.63) is 85.1 Å². The lowest BCUT2D eigenvalue weighted by atomic mass is 9.99. The van der Waals surface area contributed by atoms with E-state index in [1.807, 2.05) is 6.08 Å². The number of aliphatic hydroxyl groups excluding tert-OH is 5. The SMILES string of the molecule is CC/C=C\C/C=C\C/C=C\C/C=C\C/C=C\C/C=C\CCCCCCCCCCCCCCCCCCCCCCCCC(=O)NC(COC1OC(CO)C(O)C(O)C1O)C(O)/C=C/CCCCCCCCCCCCCCCCCCCCCCCCCCCCCCCCC. The fourth-order valence-electron chi connectivity index (χ4n) is 13.5. The molecule has 7 unspecified atom stereocenters. The van der Waals surface area contributed by atoms with Gasteiger partial charge in [-0.1, -0.05) is 420 Å². The lowest BCUT2D eigenvalue weighted by molar-refractivity contribution is -0.302. The van der Waals surface area contributed by atoms with Gasteiger partial charge in [0.25, 0.3) is 0 Å². The molecule has 0 aliphatic carbocycles. The number of rotatable bonds is 75. The second-order valence-electron chi connectivity index (χ2n) is 29.3. The van der Waals surface area contributed by atoms with Gasteiger partial charge < -0.3 is 40.3 Å². The zero-order valence-electron chi connectivity index (χ0n) is 63.8. The summed E-state index contributed by atoms with van der Waals surface area (Å²) in [5.74, 6) is -0.170. The first-order valence-electron chi connectivity index (χ1n) is 42.3. The molecule has 97 heavy (non-hydrogen) atoms. The molecule has 0 spiro atoms. The quantitative estimate of drug-likeness (QED) is 0.0261. The first-order valence-corrected chi connectivity index (χ1v) is 42.3. The molecule has 1 amide bonds. The summed E-state index contributed by atoms with van der Waals surface area (Å²) >= 11 is 0. The van der Waals surface area contributed by atoms with E-state index in [2.05, 4.69) is 92.1 Å². The molecule has 0 aromatic heterocycles. The van der Waals surface area contributed by atoms with Crippen LogP contribution in [0.3, 0.4) is 0 Å². The highest BCUT2D eigenvalue weighted by Crippen LogP contribution is 2.24. The summed E-state index contributed by atoms with van der Waals surface area (Å²) in [6, 6.07) is -0.809. The standard InChI is InChI=1S/C88H161NO8/c1-3-5-7-9-11-13-15-17-19-21-23-25-27-29-31-33-35-37-38-39-40-41-42-43-44-46-48-50-52-54-56-58-60-62-64-66-68-70-72-74-76-78-84(92)89-81(80-96-88-87(95)86(94)85(93)83(79-90)97-88)82(91)77-75-73-71-69-67-65-63-61-59-57-55-53-51-49-47-45-36-34-32-30-28-26-24-22-20-18-16-14-12-10-8-6-4-2/h5,7,11,13,17,19,23,25,29,31,35,37,75,77,81-83,85-88,90-91,93-95H,3-4,6,8-10,12,14-16,18,20-22,24,26-28,30,32-34,36,38-74,76,78-80H2,1-2H3,(H,89,92)/b7-5-,13-11-,19-17-,25-23-,31-29-,37-35-,77-75+. The van der Waals surface area contributed by atoms with E-state index < -0.39 is 49.5 Å². The van der Waals surface area contributed by atoms with Crippen LogP contribution in [0.2, 0.25) is 0 Å². The number of aliphatic hydroxyl groups is 5. The summed E-state index contributed by atoms with van der Waals surface area (Å²) in [6.45, 7) is 3.72. The number of carbonyl (C=O) groups excluding carboxylic acids is 1. The van der Waals surface area contributed by atoms with Crippen molar-refractivity contribution in [2.75, 3.05) is 13.2 Å². The van der Waals surface area contributed by atoms with Crippen LogP contribution in [0.5, 0.6) is 0 Å². The van der Waals surface area contributed by atoms with E-state index in [9.17, 15) is 30.3 Å². The van der Waals surface area contributed by atoms with Crippen LogP contribution in [0, 0.1) is 0 Å². The number of amides is 1. The maximum Gasteiger partial charge on any atom is 0.220 e. The smallest absolute Gasteiger partial charge is 0.220 e. The number of ether oxygens (including phenoxy) is 2. The molecular weight excluding hydrogens is 1200 g/mol. The zero-order valence-corrected chi connectivity index (χ0v) is 63.8. The Morgan fingerprint density at radius 1 is 0.361 bits per heavy atom. The summed E-state index contributed by atoms with van der Waals surface area (Å²) in [6.07, 6.45) is 103. The van der Waals surface area contributed by atoms with Crippen LogP contribution in [0.25, 0.3) is 0 Å². The van der Waals surface area contributed by atoms with Crippen LogP contribution in [-0.2, 0) is 14.3 Å². The van der Waals surface area contributed by atoms with Gasteiger partial charge in [-0.2, -0.15) is 0 Å². The first-order chi connectivity index (χ1) is 47.8. The molecule has 0 radical (unpaired) electrons. The highest BCUT2D eigenvalue weighted by Gasteiger charge is 2.44. The van der Waals surface area contributed by atoms with E-state index in [-0.39, 0.29) is 12.5 Å². The van der Waals surface area contributed by atoms with Gasteiger partial charge in [-0.15, -0.1) is 0 Å². The molecular formula is C88H161NO8. The molecule has 6 N–H and O–H groups in total. The van der Waals surface area contributed by atoms with Gasteiger partial charge in [-0.3, -0.25) is 4.79 Å². The molecule has 0 saturated carbocycles. The van der Waals surface area contributed by atoms with Gasteiger partial charge in [-0.05, 0) is 70.6 Å². The normalized spacial score (nSPS) is 17.8. The molecule has 9 heteroatoms. The molecule has 7 atom stereocenters. The van der Waals surface area contributed by atoms with Crippen molar-refractivity contribution in [3.8, 4) is 0 Å². The minimum atomic E-state index is -1.57. The Morgan fingerprint density at radius 2 is 0.639 bits per heavy atom. The Bertz CT molecular complexity index is 1820. The summed E-state index contributed by atoms with van der Waals surface area (Å²) in [5.41, 5.74) is 0. The van der Waals surface area contributed by atoms with Gasteiger partial charge in [0.05, 0.1) is 25.4 Å². The topological polar surface area (TPSA) is 149 Å². The number of nitrogens with one attached hydrogen (secondary N) is 1. The van der Waals surface area contributed by atoms with Crippen LogP contribution in [0.4, 0.5) is 0 Å². The monoisotopic (exact) mass is 1360 g/mol. The molecule has 0 aromatic carbocycles. The molecule has 1 heterocycles. The number of hydrogen-bond acceptors (Lipinski definition) is 8. The summed E-state index contributed by atoms with van der Waals surface area (Å²) in [4.78, 5) is 13.2. The van der Waals surface area contributed by atoms with Gasteiger partial charge in [0.1, 0.15) is 24.4 Å². The molecule has 1 fully saturated rings. The second kappa shape index (κ2) is 76.0. The maximum atomic E-state index is 13.2. The molecule has 1 aliphatic rings. The van der Waals surface area contributed by atoms with Gasteiger partial charge in [0.2, 0.25) is 5.91 Å².